The number of nitrogens with zero attached hydrogens (tertiary/aromatic N) is 1. The number of hydrogen-bond acceptors (Lipinski definition) is 6. The Kier molecular flexibility index (Phi) is 7.11. The van der Waals surface area contributed by atoms with Gasteiger partial charge in [-0.15, -0.1) is 0 Å². The fraction of sp³-hybridized carbons (Fsp3) is 0.333. The molecule has 39 heavy (non-hydrogen) atoms. The van der Waals surface area contributed by atoms with Gasteiger partial charge in [-0.1, -0.05) is 37.3 Å². The van der Waals surface area contributed by atoms with Gasteiger partial charge in [0.25, 0.3) is 11.8 Å². The number of nitrogen functional groups attached to an aromatic ring is 1. The average Bonchev–Trinajstić information content (AvgIpc) is 3.32. The first-order valence-corrected chi connectivity index (χ1v) is 16.3. The van der Waals surface area contributed by atoms with Gasteiger partial charge in [0.15, 0.2) is 13.9 Å². The summed E-state index contributed by atoms with van der Waals surface area (Å²) in [7, 11) is -2.80. The molecule has 2 heterocycles. The zero-order chi connectivity index (χ0) is 27.9. The maximum absolute atomic E-state index is 14.4. The second-order valence-electron chi connectivity index (χ2n) is 11.1. The molecule has 0 aliphatic carbocycles. The van der Waals surface area contributed by atoms with Crippen LogP contribution < -0.4 is 16.0 Å². The van der Waals surface area contributed by atoms with E-state index in [-0.39, 0.29) is 29.9 Å². The van der Waals surface area contributed by atoms with E-state index in [0.717, 1.165) is 5.56 Å². The molecule has 0 aromatic heterocycles. The van der Waals surface area contributed by atoms with Gasteiger partial charge in [0.1, 0.15) is 0 Å². The Morgan fingerprint density at radius 3 is 2.44 bits per heavy atom. The highest BCUT2D eigenvalue weighted by Crippen LogP contribution is 2.60. The third-order valence-electron chi connectivity index (χ3n) is 8.01. The Morgan fingerprint density at radius 2 is 1.79 bits per heavy atom. The molecule has 0 unspecified atom stereocenters. The molecule has 2 aliphatic rings. The first kappa shape index (κ1) is 27.1. The van der Waals surface area contributed by atoms with Crippen molar-refractivity contribution >= 4 is 37.2 Å². The summed E-state index contributed by atoms with van der Waals surface area (Å²) in [4.78, 5) is 40.4. The zero-order valence-electron chi connectivity index (χ0n) is 22.4. The van der Waals surface area contributed by atoms with E-state index in [9.17, 15) is 19.5 Å². The van der Waals surface area contributed by atoms with Crippen LogP contribution in [0.4, 0.5) is 17.1 Å². The number of nitrogens with one attached hydrogen (secondary N) is 1. The molecule has 0 bridgehead atoms. The molecule has 1 fully saturated rings. The van der Waals surface area contributed by atoms with Crippen LogP contribution in [0.3, 0.4) is 0 Å². The van der Waals surface area contributed by atoms with Crippen LogP contribution in [-0.4, -0.2) is 42.7 Å². The molecular formula is C30H35N3O5Si. The molecule has 8 nitrogen and oxygen atoms in total. The summed E-state index contributed by atoms with van der Waals surface area (Å²) in [5, 5.41) is 12.7. The van der Waals surface area contributed by atoms with Crippen LogP contribution in [0.15, 0.2) is 72.8 Å². The SMILES string of the molecule is C[C@@H]1[C@@H]([Si](C)(C)O)[C@H](CCO)O[C@@]12C(=O)N(Cc1ccccc1)c1ccc(NC(=O)c3ccc(N)cc3)cc12. The van der Waals surface area contributed by atoms with Crippen molar-refractivity contribution in [2.75, 3.05) is 22.6 Å². The van der Waals surface area contributed by atoms with Crippen molar-refractivity contribution in [2.45, 2.75) is 50.2 Å². The second kappa shape index (κ2) is 10.2. The molecule has 1 spiro atoms. The summed E-state index contributed by atoms with van der Waals surface area (Å²) in [5.41, 5.74) is 8.05. The van der Waals surface area contributed by atoms with Crippen LogP contribution in [0.1, 0.15) is 34.8 Å². The predicted octanol–water partition coefficient (Wildman–Crippen LogP) is 4.25. The van der Waals surface area contributed by atoms with Gasteiger partial charge < -0.3 is 30.6 Å². The summed E-state index contributed by atoms with van der Waals surface area (Å²) in [6.07, 6.45) is -0.152. The lowest BCUT2D eigenvalue weighted by molar-refractivity contribution is -0.146. The maximum Gasteiger partial charge on any atom is 0.264 e. The monoisotopic (exact) mass is 545 g/mol. The lowest BCUT2D eigenvalue weighted by Gasteiger charge is -2.32. The summed E-state index contributed by atoms with van der Waals surface area (Å²) in [6.45, 7) is 5.91. The van der Waals surface area contributed by atoms with Crippen molar-refractivity contribution in [3.05, 3.63) is 89.5 Å². The average molecular weight is 546 g/mol. The van der Waals surface area contributed by atoms with Gasteiger partial charge in [-0.2, -0.15) is 0 Å². The zero-order valence-corrected chi connectivity index (χ0v) is 23.4. The van der Waals surface area contributed by atoms with Crippen molar-refractivity contribution in [2.24, 2.45) is 5.92 Å². The van der Waals surface area contributed by atoms with Gasteiger partial charge in [-0.25, -0.2) is 0 Å². The number of anilines is 3. The first-order valence-electron chi connectivity index (χ1n) is 13.2. The number of ether oxygens (including phenoxy) is 1. The Labute approximate surface area is 229 Å². The molecule has 3 aromatic rings. The standard InChI is InChI=1S/C30H35N3O5Si/c1-19-27(39(2,3)37)26(15-16-34)38-30(19)24-17-23(32-28(35)21-9-11-22(31)12-10-21)13-14-25(24)33(29(30)36)18-20-7-5-4-6-8-20/h4-14,17,19,26-27,34,37H,15-16,18,31H2,1-3H3,(H,32,35)/t19-,26+,27-,30+/m1/s1. The lowest BCUT2D eigenvalue weighted by atomic mass is 9.82. The predicted molar refractivity (Wildman–Crippen MR) is 154 cm³/mol. The normalized spacial score (nSPS) is 24.3. The Hall–Kier alpha value is -3.50. The first-order chi connectivity index (χ1) is 18.6. The summed E-state index contributed by atoms with van der Waals surface area (Å²) < 4.78 is 6.66. The van der Waals surface area contributed by atoms with Crippen molar-refractivity contribution in [3.63, 3.8) is 0 Å². The number of fused-ring (bicyclic) bond motifs is 2. The maximum atomic E-state index is 14.4. The Bertz CT molecular complexity index is 1380. The van der Waals surface area contributed by atoms with E-state index in [0.29, 0.717) is 41.2 Å². The molecular weight excluding hydrogens is 510 g/mol. The summed E-state index contributed by atoms with van der Waals surface area (Å²) in [6, 6.07) is 21.8. The number of carbonyl (C=O) groups excluding carboxylic acids is 2. The molecule has 0 radical (unpaired) electrons. The molecule has 9 heteroatoms. The highest BCUT2D eigenvalue weighted by molar-refractivity contribution is 6.71. The number of rotatable bonds is 7. The fourth-order valence-electron chi connectivity index (χ4n) is 6.31. The van der Waals surface area contributed by atoms with E-state index in [2.05, 4.69) is 5.32 Å². The number of amides is 2. The topological polar surface area (TPSA) is 125 Å². The summed E-state index contributed by atoms with van der Waals surface area (Å²) >= 11 is 0. The number of aliphatic hydroxyl groups is 1. The molecule has 204 valence electrons. The van der Waals surface area contributed by atoms with E-state index >= 15 is 0 Å². The van der Waals surface area contributed by atoms with Crippen LogP contribution in [0.25, 0.3) is 0 Å². The molecule has 4 atom stereocenters. The van der Waals surface area contributed by atoms with Crippen molar-refractivity contribution < 1.29 is 24.2 Å². The van der Waals surface area contributed by atoms with Crippen LogP contribution >= 0.6 is 0 Å². The van der Waals surface area contributed by atoms with Crippen molar-refractivity contribution in [1.29, 1.82) is 0 Å². The second-order valence-corrected chi connectivity index (χ2v) is 15.0. The van der Waals surface area contributed by atoms with E-state index in [4.69, 9.17) is 10.5 Å². The van der Waals surface area contributed by atoms with Crippen LogP contribution in [0.5, 0.6) is 0 Å². The molecule has 1 saturated heterocycles. The van der Waals surface area contributed by atoms with Crippen LogP contribution in [-0.2, 0) is 21.7 Å². The van der Waals surface area contributed by atoms with E-state index < -0.39 is 20.0 Å². The van der Waals surface area contributed by atoms with Gasteiger partial charge in [-0.05, 0) is 67.5 Å². The molecule has 2 aliphatic heterocycles. The fourth-order valence-corrected chi connectivity index (χ4v) is 8.92. The van der Waals surface area contributed by atoms with Crippen LogP contribution in [0.2, 0.25) is 18.6 Å². The van der Waals surface area contributed by atoms with Crippen molar-refractivity contribution in [3.8, 4) is 0 Å². The number of aliphatic hydroxyl groups excluding tert-OH is 1. The Morgan fingerprint density at radius 1 is 1.10 bits per heavy atom. The van der Waals surface area contributed by atoms with Gasteiger partial charge in [0, 0.05) is 40.6 Å². The molecule has 5 N–H and O–H groups in total. The molecule has 2 amide bonds. The minimum atomic E-state index is -2.80. The molecule has 0 saturated carbocycles. The highest BCUT2D eigenvalue weighted by Gasteiger charge is 2.66. The quantitative estimate of drug-likeness (QED) is 0.260. The smallest absolute Gasteiger partial charge is 0.264 e. The number of nitrogens with two attached hydrogens (primary N) is 1. The minimum Gasteiger partial charge on any atom is -0.432 e. The largest absolute Gasteiger partial charge is 0.432 e. The molecule has 3 aromatic carbocycles. The third-order valence-corrected chi connectivity index (χ3v) is 10.5. The Balaban J connectivity index is 1.59. The number of hydrogen-bond donors (Lipinski definition) is 4. The van der Waals surface area contributed by atoms with Crippen molar-refractivity contribution in [1.82, 2.24) is 0 Å². The number of carbonyl (C=O) groups is 2. The van der Waals surface area contributed by atoms with E-state index in [1.807, 2.05) is 62.5 Å². The van der Waals surface area contributed by atoms with Gasteiger partial charge in [0.2, 0.25) is 0 Å². The third kappa shape index (κ3) is 4.76. The van der Waals surface area contributed by atoms with Gasteiger partial charge in [-0.3, -0.25) is 9.59 Å². The summed E-state index contributed by atoms with van der Waals surface area (Å²) in [5.74, 6) is -0.842. The van der Waals surface area contributed by atoms with Crippen LogP contribution in [0, 0.1) is 5.92 Å². The van der Waals surface area contributed by atoms with E-state index in [1.165, 1.54) is 0 Å². The highest BCUT2D eigenvalue weighted by atomic mass is 28.4. The molecule has 5 rings (SSSR count). The number of benzene rings is 3. The van der Waals surface area contributed by atoms with Gasteiger partial charge >= 0.3 is 0 Å². The lowest BCUT2D eigenvalue weighted by Crippen LogP contribution is -2.46. The van der Waals surface area contributed by atoms with E-state index in [1.54, 1.807) is 35.2 Å². The minimum absolute atomic E-state index is 0.110. The van der Waals surface area contributed by atoms with Gasteiger partial charge in [0.05, 0.1) is 18.3 Å².